The van der Waals surface area contributed by atoms with Crippen molar-refractivity contribution in [1.82, 2.24) is 0 Å². The molecule has 2 amide bonds. The first kappa shape index (κ1) is 16.1. The fraction of sp³-hybridized carbons (Fsp3) is 0.0667. The molecule has 0 aliphatic carbocycles. The van der Waals surface area contributed by atoms with Gasteiger partial charge in [0.15, 0.2) is 0 Å². The lowest BCUT2D eigenvalue weighted by Crippen LogP contribution is -2.29. The van der Waals surface area contributed by atoms with Gasteiger partial charge in [0.1, 0.15) is 5.75 Å². The third-order valence-corrected chi connectivity index (χ3v) is 3.63. The SMILES string of the molecule is Cc1ccc(O)c(NC(=O)C(=O)Nc2cccc(Cl)c2Cl)c1. The van der Waals surface area contributed by atoms with E-state index in [1.54, 1.807) is 31.2 Å². The van der Waals surface area contributed by atoms with Crippen LogP contribution in [0.1, 0.15) is 5.56 Å². The van der Waals surface area contributed by atoms with E-state index in [-0.39, 0.29) is 27.2 Å². The standard InChI is InChI=1S/C15H12Cl2N2O3/c1-8-5-6-12(20)11(7-8)19-15(22)14(21)18-10-4-2-3-9(16)13(10)17/h2-7,20H,1H3,(H,18,21)(H,19,22). The molecule has 0 bridgehead atoms. The lowest BCUT2D eigenvalue weighted by atomic mass is 10.2. The summed E-state index contributed by atoms with van der Waals surface area (Å²) in [6, 6.07) is 9.32. The van der Waals surface area contributed by atoms with Crippen LogP contribution in [0, 0.1) is 6.92 Å². The zero-order valence-electron chi connectivity index (χ0n) is 11.5. The molecule has 0 unspecified atom stereocenters. The molecule has 0 spiro atoms. The molecule has 0 fully saturated rings. The maximum Gasteiger partial charge on any atom is 0.314 e. The molecule has 3 N–H and O–H groups in total. The van der Waals surface area contributed by atoms with Crippen molar-refractivity contribution in [2.45, 2.75) is 6.92 Å². The minimum atomic E-state index is -0.933. The highest BCUT2D eigenvalue weighted by Gasteiger charge is 2.17. The number of phenols is 1. The number of aromatic hydroxyl groups is 1. The van der Waals surface area contributed by atoms with Gasteiger partial charge >= 0.3 is 11.8 Å². The molecule has 22 heavy (non-hydrogen) atoms. The van der Waals surface area contributed by atoms with Crippen molar-refractivity contribution in [1.29, 1.82) is 0 Å². The summed E-state index contributed by atoms with van der Waals surface area (Å²) in [5, 5.41) is 14.7. The summed E-state index contributed by atoms with van der Waals surface area (Å²) in [7, 11) is 0. The number of nitrogens with one attached hydrogen (secondary N) is 2. The number of hydrogen-bond donors (Lipinski definition) is 3. The van der Waals surface area contributed by atoms with Crippen LogP contribution in [0.4, 0.5) is 11.4 Å². The van der Waals surface area contributed by atoms with Gasteiger partial charge < -0.3 is 15.7 Å². The summed E-state index contributed by atoms with van der Waals surface area (Å²) < 4.78 is 0. The number of amides is 2. The molecule has 114 valence electrons. The maximum atomic E-state index is 11.9. The monoisotopic (exact) mass is 338 g/mol. The number of hydrogen-bond acceptors (Lipinski definition) is 3. The molecule has 0 atom stereocenters. The minimum Gasteiger partial charge on any atom is -0.506 e. The average Bonchev–Trinajstić information content (AvgIpc) is 2.47. The molecule has 2 aromatic rings. The van der Waals surface area contributed by atoms with Crippen molar-refractivity contribution in [3.8, 4) is 5.75 Å². The number of rotatable bonds is 2. The number of carbonyl (C=O) groups excluding carboxylic acids is 2. The molecule has 0 saturated heterocycles. The van der Waals surface area contributed by atoms with Gasteiger partial charge in [-0.2, -0.15) is 0 Å². The van der Waals surface area contributed by atoms with E-state index in [1.807, 2.05) is 0 Å². The Hall–Kier alpha value is -2.24. The van der Waals surface area contributed by atoms with Gasteiger partial charge in [-0.3, -0.25) is 9.59 Å². The van der Waals surface area contributed by atoms with E-state index < -0.39 is 11.8 Å². The van der Waals surface area contributed by atoms with Crippen molar-refractivity contribution in [3.05, 3.63) is 52.0 Å². The highest BCUT2D eigenvalue weighted by atomic mass is 35.5. The van der Waals surface area contributed by atoms with E-state index >= 15 is 0 Å². The average molecular weight is 339 g/mol. The molecule has 0 heterocycles. The number of carbonyl (C=O) groups is 2. The minimum absolute atomic E-state index is 0.132. The highest BCUT2D eigenvalue weighted by molar-refractivity contribution is 6.47. The van der Waals surface area contributed by atoms with Crippen LogP contribution in [0.15, 0.2) is 36.4 Å². The van der Waals surface area contributed by atoms with Gasteiger partial charge in [0.05, 0.1) is 21.4 Å². The third kappa shape index (κ3) is 3.69. The number of benzene rings is 2. The third-order valence-electron chi connectivity index (χ3n) is 2.81. The highest BCUT2D eigenvalue weighted by Crippen LogP contribution is 2.29. The normalized spacial score (nSPS) is 10.1. The lowest BCUT2D eigenvalue weighted by Gasteiger charge is -2.10. The van der Waals surface area contributed by atoms with Gasteiger partial charge in [0, 0.05) is 0 Å². The van der Waals surface area contributed by atoms with Crippen LogP contribution in [0.3, 0.4) is 0 Å². The van der Waals surface area contributed by atoms with Crippen LogP contribution in [0.2, 0.25) is 10.0 Å². The smallest absolute Gasteiger partial charge is 0.314 e. The Morgan fingerprint density at radius 1 is 1.00 bits per heavy atom. The first-order valence-corrected chi connectivity index (χ1v) is 7.00. The molecule has 0 aliphatic rings. The Labute approximate surface area is 136 Å². The lowest BCUT2D eigenvalue weighted by molar-refractivity contribution is -0.133. The Morgan fingerprint density at radius 3 is 2.32 bits per heavy atom. The van der Waals surface area contributed by atoms with Crippen LogP contribution in [-0.2, 0) is 9.59 Å². The molecular formula is C15H12Cl2N2O3. The maximum absolute atomic E-state index is 11.9. The number of halogens is 2. The van der Waals surface area contributed by atoms with Crippen LogP contribution in [0.25, 0.3) is 0 Å². The second kappa shape index (κ2) is 6.68. The van der Waals surface area contributed by atoms with Crippen LogP contribution >= 0.6 is 23.2 Å². The number of phenolic OH excluding ortho intramolecular Hbond substituents is 1. The molecule has 0 aromatic heterocycles. The summed E-state index contributed by atoms with van der Waals surface area (Å²) in [6.07, 6.45) is 0. The molecule has 0 aliphatic heterocycles. The second-order valence-corrected chi connectivity index (χ2v) is 5.32. The van der Waals surface area contributed by atoms with E-state index in [2.05, 4.69) is 10.6 Å². The van der Waals surface area contributed by atoms with E-state index in [0.717, 1.165) is 5.56 Å². The molecule has 0 saturated carbocycles. The van der Waals surface area contributed by atoms with Gasteiger partial charge in [-0.05, 0) is 36.8 Å². The van der Waals surface area contributed by atoms with Crippen LogP contribution in [-0.4, -0.2) is 16.9 Å². The molecule has 2 aromatic carbocycles. The van der Waals surface area contributed by atoms with Crippen molar-refractivity contribution in [2.24, 2.45) is 0 Å². The topological polar surface area (TPSA) is 78.4 Å². The number of aryl methyl sites for hydroxylation is 1. The zero-order chi connectivity index (χ0) is 16.3. The molecule has 2 rings (SSSR count). The fourth-order valence-electron chi connectivity index (χ4n) is 1.71. The Kier molecular flexibility index (Phi) is 4.90. The summed E-state index contributed by atoms with van der Waals surface area (Å²) in [6.45, 7) is 1.79. The zero-order valence-corrected chi connectivity index (χ0v) is 13.0. The predicted octanol–water partition coefficient (Wildman–Crippen LogP) is 3.58. The van der Waals surface area contributed by atoms with Crippen molar-refractivity contribution in [2.75, 3.05) is 10.6 Å². The second-order valence-electron chi connectivity index (χ2n) is 4.53. The van der Waals surface area contributed by atoms with Crippen LogP contribution in [0.5, 0.6) is 5.75 Å². The first-order valence-electron chi connectivity index (χ1n) is 6.24. The molecule has 7 heteroatoms. The fourth-order valence-corrected chi connectivity index (χ4v) is 2.06. The summed E-state index contributed by atoms with van der Waals surface area (Å²) >= 11 is 11.8. The molecule has 5 nitrogen and oxygen atoms in total. The van der Waals surface area contributed by atoms with Crippen molar-refractivity contribution in [3.63, 3.8) is 0 Å². The largest absolute Gasteiger partial charge is 0.506 e. The van der Waals surface area contributed by atoms with E-state index in [1.165, 1.54) is 12.1 Å². The first-order chi connectivity index (χ1) is 10.4. The van der Waals surface area contributed by atoms with Crippen LogP contribution < -0.4 is 10.6 Å². The van der Waals surface area contributed by atoms with E-state index in [0.29, 0.717) is 0 Å². The van der Waals surface area contributed by atoms with Gasteiger partial charge in [0.2, 0.25) is 0 Å². The van der Waals surface area contributed by atoms with E-state index in [4.69, 9.17) is 23.2 Å². The van der Waals surface area contributed by atoms with Gasteiger partial charge in [0.25, 0.3) is 0 Å². The van der Waals surface area contributed by atoms with Crippen molar-refractivity contribution >= 4 is 46.4 Å². The molecular weight excluding hydrogens is 327 g/mol. The Balaban J connectivity index is 2.11. The Morgan fingerprint density at radius 2 is 1.64 bits per heavy atom. The van der Waals surface area contributed by atoms with Gasteiger partial charge in [-0.1, -0.05) is 35.3 Å². The Bertz CT molecular complexity index is 734. The molecule has 0 radical (unpaired) electrons. The van der Waals surface area contributed by atoms with Crippen molar-refractivity contribution < 1.29 is 14.7 Å². The summed E-state index contributed by atoms with van der Waals surface area (Å²) in [4.78, 5) is 23.7. The quantitative estimate of drug-likeness (QED) is 0.578. The van der Waals surface area contributed by atoms with Gasteiger partial charge in [-0.25, -0.2) is 0 Å². The summed E-state index contributed by atoms with van der Waals surface area (Å²) in [5.41, 5.74) is 1.20. The predicted molar refractivity (Wildman–Crippen MR) is 86.6 cm³/mol. The number of anilines is 2. The summed E-state index contributed by atoms with van der Waals surface area (Å²) in [5.74, 6) is -1.99. The van der Waals surface area contributed by atoms with Gasteiger partial charge in [-0.15, -0.1) is 0 Å². The van der Waals surface area contributed by atoms with E-state index in [9.17, 15) is 14.7 Å².